The van der Waals surface area contributed by atoms with E-state index in [1.165, 1.54) is 18.3 Å². The normalized spacial score (nSPS) is 15.9. The largest absolute Gasteiger partial charge is 0.342 e. The molecule has 146 valence electrons. The predicted molar refractivity (Wildman–Crippen MR) is 105 cm³/mol. The van der Waals surface area contributed by atoms with Crippen LogP contribution in [0.2, 0.25) is 0 Å². The number of carbonyl (C=O) groups excluding carboxylic acids is 2. The summed E-state index contributed by atoms with van der Waals surface area (Å²) in [6, 6.07) is 11.0. The molecule has 6 nitrogen and oxygen atoms in total. The van der Waals surface area contributed by atoms with Gasteiger partial charge in [-0.1, -0.05) is 18.2 Å². The van der Waals surface area contributed by atoms with E-state index in [-0.39, 0.29) is 54.8 Å². The third-order valence-corrected chi connectivity index (χ3v) is 4.09. The zero-order valence-electron chi connectivity index (χ0n) is 14.4. The molecule has 0 aliphatic carbocycles. The maximum atomic E-state index is 13.5. The van der Waals surface area contributed by atoms with Crippen LogP contribution in [0.3, 0.4) is 0 Å². The van der Waals surface area contributed by atoms with Crippen LogP contribution in [0.1, 0.15) is 22.1 Å². The lowest BCUT2D eigenvalue weighted by atomic mass is 10.0. The maximum absolute atomic E-state index is 13.5. The molecule has 1 fully saturated rings. The molecule has 1 aliphatic heterocycles. The van der Waals surface area contributed by atoms with Crippen LogP contribution in [-0.4, -0.2) is 47.9 Å². The van der Waals surface area contributed by atoms with E-state index in [0.717, 1.165) is 5.56 Å². The second-order valence-electron chi connectivity index (χ2n) is 5.76. The van der Waals surface area contributed by atoms with Crippen LogP contribution in [0, 0.1) is 5.82 Å². The lowest BCUT2D eigenvalue weighted by Crippen LogP contribution is -2.51. The van der Waals surface area contributed by atoms with Crippen molar-refractivity contribution in [1.82, 2.24) is 20.5 Å². The molecule has 0 saturated carbocycles. The van der Waals surface area contributed by atoms with Crippen molar-refractivity contribution in [2.45, 2.75) is 6.04 Å². The van der Waals surface area contributed by atoms with Gasteiger partial charge < -0.3 is 15.5 Å². The molecular formula is C18H21Cl2FN4O2. The Balaban J connectivity index is 0.00000182. The van der Waals surface area contributed by atoms with Gasteiger partial charge in [-0.15, -0.1) is 24.8 Å². The van der Waals surface area contributed by atoms with Crippen molar-refractivity contribution in [2.24, 2.45) is 0 Å². The fourth-order valence-corrected chi connectivity index (χ4v) is 2.86. The van der Waals surface area contributed by atoms with Gasteiger partial charge in [0.1, 0.15) is 11.5 Å². The molecule has 2 amide bonds. The Morgan fingerprint density at radius 3 is 2.74 bits per heavy atom. The summed E-state index contributed by atoms with van der Waals surface area (Å²) in [5.74, 6) is -0.939. The highest BCUT2D eigenvalue weighted by Gasteiger charge is 2.28. The average Bonchev–Trinajstić information content (AvgIpc) is 2.66. The Hall–Kier alpha value is -2.22. The fraction of sp³-hybridized carbons (Fsp3) is 0.278. The van der Waals surface area contributed by atoms with E-state index in [2.05, 4.69) is 15.6 Å². The van der Waals surface area contributed by atoms with Crippen molar-refractivity contribution in [1.29, 1.82) is 0 Å². The van der Waals surface area contributed by atoms with Gasteiger partial charge in [0, 0.05) is 25.8 Å². The van der Waals surface area contributed by atoms with Crippen LogP contribution in [0.25, 0.3) is 0 Å². The standard InChI is InChI=1S/C18H19FN4O2.2ClH/c19-14-5-3-4-13(10-14)16-11-20-8-9-23(16)17(24)12-22-18(25)15-6-1-2-7-21-15;;/h1-7,10,16,20H,8-9,11-12H2,(H,22,25);2*1H. The number of hydrogen-bond donors (Lipinski definition) is 2. The zero-order valence-corrected chi connectivity index (χ0v) is 16.1. The van der Waals surface area contributed by atoms with Gasteiger partial charge in [0.05, 0.1) is 12.6 Å². The van der Waals surface area contributed by atoms with Gasteiger partial charge in [0.25, 0.3) is 5.91 Å². The highest BCUT2D eigenvalue weighted by molar-refractivity contribution is 5.94. The van der Waals surface area contributed by atoms with Gasteiger partial charge in [-0.3, -0.25) is 14.6 Å². The highest BCUT2D eigenvalue weighted by atomic mass is 35.5. The highest BCUT2D eigenvalue weighted by Crippen LogP contribution is 2.22. The van der Waals surface area contributed by atoms with E-state index in [4.69, 9.17) is 0 Å². The maximum Gasteiger partial charge on any atom is 0.270 e. The summed E-state index contributed by atoms with van der Waals surface area (Å²) in [6.07, 6.45) is 1.52. The number of rotatable bonds is 4. The molecular weight excluding hydrogens is 394 g/mol. The van der Waals surface area contributed by atoms with Crippen LogP contribution >= 0.6 is 24.8 Å². The third kappa shape index (κ3) is 5.89. The average molecular weight is 415 g/mol. The molecule has 1 unspecified atom stereocenters. The minimum absolute atomic E-state index is 0. The van der Waals surface area contributed by atoms with Crippen LogP contribution in [0.5, 0.6) is 0 Å². The molecule has 0 spiro atoms. The number of nitrogens with zero attached hydrogens (tertiary/aromatic N) is 2. The Bertz CT molecular complexity index is 764. The van der Waals surface area contributed by atoms with Crippen LogP contribution < -0.4 is 10.6 Å². The Labute approximate surface area is 169 Å². The van der Waals surface area contributed by atoms with Crippen molar-refractivity contribution in [3.63, 3.8) is 0 Å². The van der Waals surface area contributed by atoms with Crippen molar-refractivity contribution in [3.8, 4) is 0 Å². The summed E-state index contributed by atoms with van der Waals surface area (Å²) >= 11 is 0. The number of benzene rings is 1. The lowest BCUT2D eigenvalue weighted by molar-refractivity contribution is -0.133. The lowest BCUT2D eigenvalue weighted by Gasteiger charge is -2.36. The number of aromatic nitrogens is 1. The molecule has 1 aromatic carbocycles. The number of carbonyl (C=O) groups is 2. The molecule has 0 radical (unpaired) electrons. The fourth-order valence-electron chi connectivity index (χ4n) is 2.86. The number of amides is 2. The van der Waals surface area contributed by atoms with Crippen LogP contribution in [0.15, 0.2) is 48.7 Å². The molecule has 3 rings (SSSR count). The van der Waals surface area contributed by atoms with E-state index in [1.54, 1.807) is 35.2 Å². The minimum Gasteiger partial charge on any atom is -0.342 e. The summed E-state index contributed by atoms with van der Waals surface area (Å²) in [6.45, 7) is 1.58. The van der Waals surface area contributed by atoms with Crippen LogP contribution in [0.4, 0.5) is 4.39 Å². The molecule has 2 aromatic rings. The van der Waals surface area contributed by atoms with E-state index < -0.39 is 5.91 Å². The van der Waals surface area contributed by atoms with Gasteiger partial charge in [-0.05, 0) is 29.8 Å². The quantitative estimate of drug-likeness (QED) is 0.801. The number of nitrogens with one attached hydrogen (secondary N) is 2. The summed E-state index contributed by atoms with van der Waals surface area (Å²) < 4.78 is 13.5. The Morgan fingerprint density at radius 1 is 1.22 bits per heavy atom. The summed E-state index contributed by atoms with van der Waals surface area (Å²) in [7, 11) is 0. The molecule has 2 N–H and O–H groups in total. The number of pyridine rings is 1. The molecule has 1 atom stereocenters. The van der Waals surface area contributed by atoms with Crippen LogP contribution in [-0.2, 0) is 4.79 Å². The van der Waals surface area contributed by atoms with Gasteiger partial charge in [0.2, 0.25) is 5.91 Å². The zero-order chi connectivity index (χ0) is 17.6. The second kappa shape index (κ2) is 10.8. The second-order valence-corrected chi connectivity index (χ2v) is 5.76. The topological polar surface area (TPSA) is 74.3 Å². The van der Waals surface area contributed by atoms with Gasteiger partial charge in [0.15, 0.2) is 0 Å². The van der Waals surface area contributed by atoms with E-state index in [9.17, 15) is 14.0 Å². The predicted octanol–water partition coefficient (Wildman–Crippen LogP) is 1.97. The molecule has 0 bridgehead atoms. The first-order valence-corrected chi connectivity index (χ1v) is 8.10. The Kier molecular flexibility index (Phi) is 9.14. The molecule has 9 heteroatoms. The number of hydrogen-bond acceptors (Lipinski definition) is 4. The summed E-state index contributed by atoms with van der Waals surface area (Å²) in [4.78, 5) is 30.2. The van der Waals surface area contributed by atoms with Gasteiger partial charge in [-0.25, -0.2) is 4.39 Å². The SMILES string of the molecule is Cl.Cl.O=C(NCC(=O)N1CCNCC1c1cccc(F)c1)c1ccccn1. The van der Waals surface area contributed by atoms with Crippen molar-refractivity contribution < 1.29 is 14.0 Å². The monoisotopic (exact) mass is 414 g/mol. The van der Waals surface area contributed by atoms with Crippen molar-refractivity contribution in [3.05, 3.63) is 65.7 Å². The third-order valence-electron chi connectivity index (χ3n) is 4.09. The summed E-state index contributed by atoms with van der Waals surface area (Å²) in [5, 5.41) is 5.81. The van der Waals surface area contributed by atoms with E-state index in [1.807, 2.05) is 0 Å². The summed E-state index contributed by atoms with van der Waals surface area (Å²) in [5.41, 5.74) is 0.994. The molecule has 1 aromatic heterocycles. The minimum atomic E-state index is -0.397. The van der Waals surface area contributed by atoms with E-state index in [0.29, 0.717) is 19.6 Å². The molecule has 2 heterocycles. The van der Waals surface area contributed by atoms with Crippen molar-refractivity contribution in [2.75, 3.05) is 26.2 Å². The first-order valence-electron chi connectivity index (χ1n) is 8.10. The molecule has 27 heavy (non-hydrogen) atoms. The van der Waals surface area contributed by atoms with E-state index >= 15 is 0 Å². The molecule has 1 aliphatic rings. The smallest absolute Gasteiger partial charge is 0.270 e. The molecule has 1 saturated heterocycles. The first kappa shape index (κ1) is 22.8. The van der Waals surface area contributed by atoms with Crippen molar-refractivity contribution >= 4 is 36.6 Å². The number of piperazine rings is 1. The first-order chi connectivity index (χ1) is 12.1. The number of halogens is 3. The van der Waals surface area contributed by atoms with Gasteiger partial charge in [-0.2, -0.15) is 0 Å². The Morgan fingerprint density at radius 2 is 2.04 bits per heavy atom. The van der Waals surface area contributed by atoms with Gasteiger partial charge >= 0.3 is 0 Å².